The lowest BCUT2D eigenvalue weighted by Gasteiger charge is -2.19. The molecule has 1 atom stereocenters. The molecule has 21 heavy (non-hydrogen) atoms. The fourth-order valence-electron chi connectivity index (χ4n) is 2.35. The van der Waals surface area contributed by atoms with Crippen molar-refractivity contribution in [2.75, 3.05) is 25.0 Å². The monoisotopic (exact) mass is 374 g/mol. The van der Waals surface area contributed by atoms with Gasteiger partial charge >= 0.3 is 5.97 Å². The maximum absolute atomic E-state index is 12.0. The lowest BCUT2D eigenvalue weighted by Crippen LogP contribution is -2.35. The number of nitrogens with zero attached hydrogens (tertiary/aromatic N) is 1. The summed E-state index contributed by atoms with van der Waals surface area (Å²) in [6.07, 6.45) is 0.550. The zero-order valence-corrected chi connectivity index (χ0v) is 13.9. The Bertz CT molecular complexity index is 581. The van der Waals surface area contributed by atoms with Crippen molar-refractivity contribution in [1.82, 2.24) is 4.90 Å². The molecule has 1 unspecified atom stereocenters. The van der Waals surface area contributed by atoms with Crippen LogP contribution in [0.2, 0.25) is 5.02 Å². The molecule has 0 saturated carbocycles. The van der Waals surface area contributed by atoms with E-state index in [0.717, 1.165) is 4.47 Å². The molecule has 0 spiro atoms. The molecule has 1 aliphatic rings. The van der Waals surface area contributed by atoms with Gasteiger partial charge in [0, 0.05) is 11.0 Å². The average Bonchev–Trinajstić information content (AvgIpc) is 2.76. The van der Waals surface area contributed by atoms with E-state index in [1.54, 1.807) is 25.1 Å². The number of hydrogen-bond donors (Lipinski definition) is 2. The third kappa shape index (κ3) is 3.96. The molecule has 0 radical (unpaired) electrons. The summed E-state index contributed by atoms with van der Waals surface area (Å²) in [4.78, 5) is 25.0. The van der Waals surface area contributed by atoms with Crippen LogP contribution in [0.5, 0.6) is 0 Å². The summed E-state index contributed by atoms with van der Waals surface area (Å²) >= 11 is 9.34. The fourth-order valence-corrected chi connectivity index (χ4v) is 3.07. The number of carboxylic acids is 1. The van der Waals surface area contributed by atoms with Crippen molar-refractivity contribution in [3.63, 3.8) is 0 Å². The molecule has 1 aliphatic heterocycles. The van der Waals surface area contributed by atoms with E-state index in [1.807, 2.05) is 4.90 Å². The summed E-state index contributed by atoms with van der Waals surface area (Å²) in [7, 11) is 0. The number of carbonyl (C=O) groups is 2. The molecule has 1 aromatic rings. The van der Waals surface area contributed by atoms with Gasteiger partial charge in [0.25, 0.3) is 0 Å². The van der Waals surface area contributed by atoms with Gasteiger partial charge in [-0.2, -0.15) is 0 Å². The number of likely N-dealkylation sites (tertiary alicyclic amines) is 1. The highest BCUT2D eigenvalue weighted by Gasteiger charge is 2.40. The van der Waals surface area contributed by atoms with Gasteiger partial charge in [-0.15, -0.1) is 0 Å². The fraction of sp³-hybridized carbons (Fsp3) is 0.429. The van der Waals surface area contributed by atoms with Crippen LogP contribution in [-0.4, -0.2) is 41.5 Å². The van der Waals surface area contributed by atoms with E-state index >= 15 is 0 Å². The summed E-state index contributed by atoms with van der Waals surface area (Å²) in [6, 6.07) is 5.21. The van der Waals surface area contributed by atoms with Gasteiger partial charge < -0.3 is 10.4 Å². The molecule has 0 bridgehead atoms. The molecule has 1 aromatic carbocycles. The summed E-state index contributed by atoms with van der Waals surface area (Å²) in [5.74, 6) is -1.02. The Balaban J connectivity index is 1.93. The van der Waals surface area contributed by atoms with Crippen LogP contribution in [0.15, 0.2) is 22.7 Å². The molecule has 5 nitrogen and oxygen atoms in total. The second-order valence-electron chi connectivity index (χ2n) is 5.50. The van der Waals surface area contributed by atoms with E-state index in [0.29, 0.717) is 30.2 Å². The van der Waals surface area contributed by atoms with Gasteiger partial charge in [-0.05, 0) is 38.1 Å². The zero-order valence-electron chi connectivity index (χ0n) is 11.5. The Morgan fingerprint density at radius 1 is 1.52 bits per heavy atom. The predicted octanol–water partition coefficient (Wildman–Crippen LogP) is 2.84. The number of halogens is 2. The standard InChI is InChI=1S/C14H16BrClN2O3/c1-14(13(20)21)4-5-18(8-14)7-12(19)17-11-3-2-9(15)6-10(11)16/h2-3,6H,4-5,7-8H2,1H3,(H,17,19)(H,20,21). The van der Waals surface area contributed by atoms with E-state index in [-0.39, 0.29) is 12.5 Å². The Hall–Kier alpha value is -1.11. The highest BCUT2D eigenvalue weighted by atomic mass is 79.9. The number of anilines is 1. The van der Waals surface area contributed by atoms with Crippen LogP contribution < -0.4 is 5.32 Å². The molecule has 0 aliphatic carbocycles. The van der Waals surface area contributed by atoms with Crippen LogP contribution in [0.1, 0.15) is 13.3 Å². The minimum Gasteiger partial charge on any atom is -0.481 e. The van der Waals surface area contributed by atoms with Crippen molar-refractivity contribution in [2.45, 2.75) is 13.3 Å². The normalized spacial score (nSPS) is 22.2. The van der Waals surface area contributed by atoms with Crippen LogP contribution in [0.4, 0.5) is 5.69 Å². The van der Waals surface area contributed by atoms with Crippen LogP contribution in [0, 0.1) is 5.41 Å². The number of carbonyl (C=O) groups excluding carboxylic acids is 1. The zero-order chi connectivity index (χ0) is 15.6. The highest BCUT2D eigenvalue weighted by molar-refractivity contribution is 9.10. The number of aliphatic carboxylic acids is 1. The molecular weight excluding hydrogens is 360 g/mol. The van der Waals surface area contributed by atoms with Gasteiger partial charge in [-0.1, -0.05) is 27.5 Å². The number of rotatable bonds is 4. The first-order valence-electron chi connectivity index (χ1n) is 6.51. The van der Waals surface area contributed by atoms with Gasteiger partial charge in [0.1, 0.15) is 0 Å². The quantitative estimate of drug-likeness (QED) is 0.849. The van der Waals surface area contributed by atoms with Gasteiger partial charge in [-0.25, -0.2) is 0 Å². The Morgan fingerprint density at radius 2 is 2.24 bits per heavy atom. The molecule has 1 amide bonds. The lowest BCUT2D eigenvalue weighted by molar-refractivity contribution is -0.147. The lowest BCUT2D eigenvalue weighted by atomic mass is 9.90. The molecule has 1 fully saturated rings. The molecule has 1 heterocycles. The van der Waals surface area contributed by atoms with Crippen molar-refractivity contribution in [2.24, 2.45) is 5.41 Å². The van der Waals surface area contributed by atoms with Gasteiger partial charge in [0.2, 0.25) is 5.91 Å². The predicted molar refractivity (Wildman–Crippen MR) is 84.6 cm³/mol. The van der Waals surface area contributed by atoms with Gasteiger partial charge in [-0.3, -0.25) is 14.5 Å². The number of nitrogens with one attached hydrogen (secondary N) is 1. The van der Waals surface area contributed by atoms with Crippen molar-refractivity contribution in [1.29, 1.82) is 0 Å². The number of carboxylic acid groups (broad SMARTS) is 1. The van der Waals surface area contributed by atoms with Crippen LogP contribution >= 0.6 is 27.5 Å². The first-order valence-corrected chi connectivity index (χ1v) is 7.68. The van der Waals surface area contributed by atoms with E-state index in [9.17, 15) is 14.7 Å². The summed E-state index contributed by atoms with van der Waals surface area (Å²) in [6.45, 7) is 2.85. The molecule has 1 saturated heterocycles. The molecule has 0 aromatic heterocycles. The average molecular weight is 376 g/mol. The number of amides is 1. The molecular formula is C14H16BrClN2O3. The molecule has 2 N–H and O–H groups in total. The summed E-state index contributed by atoms with van der Waals surface area (Å²) in [5, 5.41) is 12.4. The minimum absolute atomic E-state index is 0.162. The van der Waals surface area contributed by atoms with E-state index in [1.165, 1.54) is 0 Å². The number of hydrogen-bond acceptors (Lipinski definition) is 3. The van der Waals surface area contributed by atoms with E-state index in [2.05, 4.69) is 21.2 Å². The van der Waals surface area contributed by atoms with Crippen molar-refractivity contribution in [3.8, 4) is 0 Å². The first-order chi connectivity index (χ1) is 9.80. The molecule has 114 valence electrons. The van der Waals surface area contributed by atoms with E-state index < -0.39 is 11.4 Å². The third-order valence-electron chi connectivity index (χ3n) is 3.64. The minimum atomic E-state index is -0.818. The van der Waals surface area contributed by atoms with Crippen molar-refractivity contribution >= 4 is 45.1 Å². The first kappa shape index (κ1) is 16.3. The second-order valence-corrected chi connectivity index (χ2v) is 6.82. The SMILES string of the molecule is CC1(C(=O)O)CCN(CC(=O)Nc2ccc(Br)cc2Cl)C1. The van der Waals surface area contributed by atoms with Gasteiger partial charge in [0.15, 0.2) is 0 Å². The summed E-state index contributed by atoms with van der Waals surface area (Å²) < 4.78 is 0.835. The van der Waals surface area contributed by atoms with Crippen molar-refractivity contribution < 1.29 is 14.7 Å². The van der Waals surface area contributed by atoms with Crippen LogP contribution in [-0.2, 0) is 9.59 Å². The third-order valence-corrected chi connectivity index (χ3v) is 4.45. The maximum atomic E-state index is 12.0. The van der Waals surface area contributed by atoms with Crippen LogP contribution in [0.3, 0.4) is 0 Å². The van der Waals surface area contributed by atoms with Crippen molar-refractivity contribution in [3.05, 3.63) is 27.7 Å². The topological polar surface area (TPSA) is 69.6 Å². The molecule has 7 heteroatoms. The summed E-state index contributed by atoms with van der Waals surface area (Å²) in [5.41, 5.74) is -0.222. The largest absolute Gasteiger partial charge is 0.481 e. The Morgan fingerprint density at radius 3 is 2.81 bits per heavy atom. The number of benzene rings is 1. The Kier molecular flexibility index (Phi) is 4.91. The second kappa shape index (κ2) is 6.34. The van der Waals surface area contributed by atoms with Crippen LogP contribution in [0.25, 0.3) is 0 Å². The Labute approximate surface area is 136 Å². The van der Waals surface area contributed by atoms with E-state index in [4.69, 9.17) is 11.6 Å². The smallest absolute Gasteiger partial charge is 0.310 e. The maximum Gasteiger partial charge on any atom is 0.310 e. The molecule has 2 rings (SSSR count). The van der Waals surface area contributed by atoms with Gasteiger partial charge in [0.05, 0.1) is 22.7 Å². The highest BCUT2D eigenvalue weighted by Crippen LogP contribution is 2.30.